The van der Waals surface area contributed by atoms with Gasteiger partial charge in [0.2, 0.25) is 0 Å². The number of carbonyl (C=O) groups is 1. The maximum atomic E-state index is 12.0. The summed E-state index contributed by atoms with van der Waals surface area (Å²) in [6.45, 7) is 4.57. The number of rotatable bonds is 3. The minimum Gasteiger partial charge on any atom is -0.467 e. The summed E-state index contributed by atoms with van der Waals surface area (Å²) in [5.41, 5.74) is -0.213. The fourth-order valence-corrected chi connectivity index (χ4v) is 2.76. The van der Waals surface area contributed by atoms with E-state index in [2.05, 4.69) is 10.3 Å². The summed E-state index contributed by atoms with van der Waals surface area (Å²) in [7, 11) is 1.43. The molecule has 0 amide bonds. The average molecular weight is 268 g/mol. The topological polar surface area (TPSA) is 59.9 Å². The normalized spacial score (nSPS) is 24.3. The van der Waals surface area contributed by atoms with Gasteiger partial charge in [0.25, 0.3) is 6.02 Å². The Morgan fingerprint density at radius 1 is 1.42 bits per heavy atom. The molecule has 2 aliphatic rings. The third kappa shape index (κ3) is 3.61. The molecule has 0 aromatic carbocycles. The molecular weight excluding hydrogens is 244 g/mol. The lowest BCUT2D eigenvalue weighted by molar-refractivity contribution is -0.144. The van der Waals surface area contributed by atoms with Crippen molar-refractivity contribution < 1.29 is 14.3 Å². The van der Waals surface area contributed by atoms with E-state index >= 15 is 0 Å². The van der Waals surface area contributed by atoms with Crippen molar-refractivity contribution in [3.8, 4) is 0 Å². The van der Waals surface area contributed by atoms with Gasteiger partial charge in [-0.3, -0.25) is 0 Å². The summed E-state index contributed by atoms with van der Waals surface area (Å²) < 4.78 is 10.4. The molecule has 108 valence electrons. The van der Waals surface area contributed by atoms with E-state index < -0.39 is 0 Å². The highest BCUT2D eigenvalue weighted by Crippen LogP contribution is 2.27. The van der Waals surface area contributed by atoms with E-state index in [0.29, 0.717) is 18.5 Å². The molecule has 0 aromatic heterocycles. The molecule has 5 nitrogen and oxygen atoms in total. The Hall–Kier alpha value is -1.26. The van der Waals surface area contributed by atoms with E-state index in [1.165, 1.54) is 26.4 Å². The minimum absolute atomic E-state index is 0.213. The molecule has 1 aliphatic heterocycles. The summed E-state index contributed by atoms with van der Waals surface area (Å²) in [4.78, 5) is 16.4. The summed E-state index contributed by atoms with van der Waals surface area (Å²) in [5, 5.41) is 3.15. The van der Waals surface area contributed by atoms with Crippen LogP contribution in [0.3, 0.4) is 0 Å². The van der Waals surface area contributed by atoms with Gasteiger partial charge in [0, 0.05) is 0 Å². The van der Waals surface area contributed by atoms with Gasteiger partial charge < -0.3 is 14.8 Å². The number of nitrogens with zero attached hydrogens (tertiary/aromatic N) is 1. The van der Waals surface area contributed by atoms with Crippen LogP contribution >= 0.6 is 0 Å². The van der Waals surface area contributed by atoms with Crippen LogP contribution in [0.1, 0.15) is 46.0 Å². The van der Waals surface area contributed by atoms with Crippen LogP contribution in [0.15, 0.2) is 4.99 Å². The highest BCUT2D eigenvalue weighted by atomic mass is 16.5. The predicted octanol–water partition coefficient (Wildman–Crippen LogP) is 1.86. The van der Waals surface area contributed by atoms with Gasteiger partial charge in [-0.05, 0) is 32.6 Å². The van der Waals surface area contributed by atoms with Gasteiger partial charge in [-0.1, -0.05) is 19.3 Å². The third-order valence-electron chi connectivity index (χ3n) is 3.82. The lowest BCUT2D eigenvalue weighted by Crippen LogP contribution is -2.47. The molecule has 0 radical (unpaired) electrons. The lowest BCUT2D eigenvalue weighted by atomic mass is 9.84. The van der Waals surface area contributed by atoms with Crippen molar-refractivity contribution in [2.75, 3.05) is 13.7 Å². The smallest absolute Gasteiger partial charge is 0.328 e. The van der Waals surface area contributed by atoms with E-state index in [1.54, 1.807) is 0 Å². The number of hydrogen-bond acceptors (Lipinski definition) is 5. The molecule has 5 heteroatoms. The third-order valence-corrected chi connectivity index (χ3v) is 3.82. The van der Waals surface area contributed by atoms with Crippen LogP contribution in [-0.4, -0.2) is 37.3 Å². The second kappa shape index (κ2) is 5.80. The number of amidine groups is 1. The Kier molecular flexibility index (Phi) is 4.32. The van der Waals surface area contributed by atoms with Gasteiger partial charge in [-0.2, -0.15) is 0 Å². The zero-order chi connectivity index (χ0) is 13.9. The average Bonchev–Trinajstić information content (AvgIpc) is 2.75. The summed E-state index contributed by atoms with van der Waals surface area (Å²) >= 11 is 0. The Morgan fingerprint density at radius 3 is 2.63 bits per heavy atom. The highest BCUT2D eigenvalue weighted by Gasteiger charge is 2.34. The van der Waals surface area contributed by atoms with Crippen molar-refractivity contribution in [1.29, 1.82) is 0 Å². The zero-order valence-electron chi connectivity index (χ0n) is 12.1. The summed E-state index contributed by atoms with van der Waals surface area (Å²) in [5.74, 6) is 0.0964. The molecule has 1 fully saturated rings. The molecule has 19 heavy (non-hydrogen) atoms. The van der Waals surface area contributed by atoms with Crippen LogP contribution in [0.5, 0.6) is 0 Å². The van der Waals surface area contributed by atoms with E-state index in [1.807, 2.05) is 13.8 Å². The van der Waals surface area contributed by atoms with Gasteiger partial charge in [-0.15, -0.1) is 0 Å². The lowest BCUT2D eigenvalue weighted by Gasteiger charge is -2.29. The van der Waals surface area contributed by atoms with Crippen LogP contribution in [0, 0.1) is 5.92 Å². The standard InChI is InChI=1S/C14H24N2O3/c1-14(2)9-19-13(16-14)15-11(12(17)18-3)10-7-5-4-6-8-10/h10-11H,4-9H2,1-3H3,(H,15,16)/t11-/m0/s1. The van der Waals surface area contributed by atoms with Crippen molar-refractivity contribution in [2.24, 2.45) is 10.9 Å². The van der Waals surface area contributed by atoms with Crippen molar-refractivity contribution in [3.63, 3.8) is 0 Å². The largest absolute Gasteiger partial charge is 0.467 e. The quantitative estimate of drug-likeness (QED) is 0.794. The Morgan fingerprint density at radius 2 is 2.11 bits per heavy atom. The van der Waals surface area contributed by atoms with Crippen molar-refractivity contribution in [3.05, 3.63) is 0 Å². The molecular formula is C14H24N2O3. The molecule has 1 aliphatic carbocycles. The zero-order valence-corrected chi connectivity index (χ0v) is 12.1. The van der Waals surface area contributed by atoms with E-state index in [-0.39, 0.29) is 17.6 Å². The minimum atomic E-state index is -0.335. The Balaban J connectivity index is 2.04. The maximum Gasteiger partial charge on any atom is 0.328 e. The Labute approximate surface area is 114 Å². The van der Waals surface area contributed by atoms with Crippen molar-refractivity contribution in [1.82, 2.24) is 5.32 Å². The van der Waals surface area contributed by atoms with Gasteiger partial charge >= 0.3 is 5.97 Å². The fraction of sp³-hybridized carbons (Fsp3) is 0.857. The first kappa shape index (κ1) is 14.2. The first-order valence-electron chi connectivity index (χ1n) is 7.09. The molecule has 0 spiro atoms. The number of methoxy groups -OCH3 is 1. The number of hydrogen-bond donors (Lipinski definition) is 1. The number of esters is 1. The highest BCUT2D eigenvalue weighted by molar-refractivity contribution is 5.84. The van der Waals surface area contributed by atoms with Gasteiger partial charge in [0.15, 0.2) is 0 Å². The molecule has 1 N–H and O–H groups in total. The van der Waals surface area contributed by atoms with E-state index in [0.717, 1.165) is 12.8 Å². The predicted molar refractivity (Wildman–Crippen MR) is 73.0 cm³/mol. The molecule has 2 rings (SSSR count). The second-order valence-corrected chi connectivity index (χ2v) is 6.06. The summed E-state index contributed by atoms with van der Waals surface area (Å²) in [6, 6.07) is 0.143. The molecule has 1 heterocycles. The molecule has 0 bridgehead atoms. The van der Waals surface area contributed by atoms with Crippen LogP contribution < -0.4 is 5.32 Å². The van der Waals surface area contributed by atoms with Gasteiger partial charge in [0.05, 0.1) is 12.6 Å². The monoisotopic (exact) mass is 268 g/mol. The molecule has 0 unspecified atom stereocenters. The van der Waals surface area contributed by atoms with Gasteiger partial charge in [0.1, 0.15) is 12.6 Å². The van der Waals surface area contributed by atoms with Crippen LogP contribution in [0.4, 0.5) is 0 Å². The first-order valence-corrected chi connectivity index (χ1v) is 7.09. The number of ether oxygens (including phenoxy) is 2. The number of nitrogens with one attached hydrogen (secondary N) is 1. The first-order chi connectivity index (χ1) is 9.02. The van der Waals surface area contributed by atoms with E-state index in [9.17, 15) is 4.79 Å². The van der Waals surface area contributed by atoms with Gasteiger partial charge in [-0.25, -0.2) is 9.79 Å². The van der Waals surface area contributed by atoms with Crippen LogP contribution in [-0.2, 0) is 14.3 Å². The Bertz CT molecular complexity index is 360. The SMILES string of the molecule is COC(=O)[C@@H](NC1=NC(C)(C)CO1)C1CCCCC1. The van der Waals surface area contributed by atoms with Crippen LogP contribution in [0.25, 0.3) is 0 Å². The summed E-state index contributed by atoms with van der Waals surface area (Å²) in [6.07, 6.45) is 5.74. The maximum absolute atomic E-state index is 12.0. The molecule has 1 atom stereocenters. The van der Waals surface area contributed by atoms with E-state index in [4.69, 9.17) is 9.47 Å². The number of aliphatic imine (C=N–C) groups is 1. The number of carbonyl (C=O) groups excluding carboxylic acids is 1. The fourth-order valence-electron chi connectivity index (χ4n) is 2.76. The molecule has 0 aromatic rings. The molecule has 0 saturated heterocycles. The van der Waals surface area contributed by atoms with Crippen LogP contribution in [0.2, 0.25) is 0 Å². The second-order valence-electron chi connectivity index (χ2n) is 6.06. The molecule has 1 saturated carbocycles. The van der Waals surface area contributed by atoms with Crippen molar-refractivity contribution >= 4 is 12.0 Å². The van der Waals surface area contributed by atoms with Crippen molar-refractivity contribution in [2.45, 2.75) is 57.5 Å².